The van der Waals surface area contributed by atoms with Crippen LogP contribution < -0.4 is 20.1 Å². The van der Waals surface area contributed by atoms with E-state index in [-0.39, 0.29) is 5.91 Å². The van der Waals surface area contributed by atoms with Crippen molar-refractivity contribution in [3.8, 4) is 11.5 Å². The molecule has 0 fully saturated rings. The number of rotatable bonds is 9. The van der Waals surface area contributed by atoms with Gasteiger partial charge in [-0.15, -0.1) is 0 Å². The highest BCUT2D eigenvalue weighted by Crippen LogP contribution is 2.28. The van der Waals surface area contributed by atoms with Crippen LogP contribution >= 0.6 is 0 Å². The molecule has 1 heterocycles. The fraction of sp³-hybridized carbons (Fsp3) is 0.269. The van der Waals surface area contributed by atoms with Gasteiger partial charge < -0.3 is 14.8 Å². The molecule has 3 rings (SSSR count). The second-order valence-corrected chi connectivity index (χ2v) is 7.18. The number of carbonyl (C=O) groups is 1. The zero-order chi connectivity index (χ0) is 23.5. The zero-order valence-corrected chi connectivity index (χ0v) is 19.3. The van der Waals surface area contributed by atoms with E-state index in [9.17, 15) is 4.79 Å². The molecule has 7 nitrogen and oxygen atoms in total. The summed E-state index contributed by atoms with van der Waals surface area (Å²) in [6, 6.07) is 16.9. The molecule has 0 spiro atoms. The minimum Gasteiger partial charge on any atom is -0.490 e. The molecule has 0 bridgehead atoms. The van der Waals surface area contributed by atoms with E-state index in [4.69, 9.17) is 9.47 Å². The summed E-state index contributed by atoms with van der Waals surface area (Å²) in [4.78, 5) is 21.7. The van der Waals surface area contributed by atoms with Crippen molar-refractivity contribution in [3.05, 3.63) is 83.7 Å². The van der Waals surface area contributed by atoms with Gasteiger partial charge in [-0.3, -0.25) is 15.1 Å². The van der Waals surface area contributed by atoms with Crippen molar-refractivity contribution in [1.82, 2.24) is 10.3 Å². The topological polar surface area (TPSA) is 84.8 Å². The van der Waals surface area contributed by atoms with Crippen LogP contribution in [0.4, 0.5) is 5.69 Å². The average molecular weight is 447 g/mol. The normalized spacial score (nSPS) is 11.1. The third-order valence-electron chi connectivity index (χ3n) is 4.80. The monoisotopic (exact) mass is 446 g/mol. The molecule has 0 saturated carbocycles. The summed E-state index contributed by atoms with van der Waals surface area (Å²) in [5.74, 6) is 1.20. The smallest absolute Gasteiger partial charge is 0.258 e. The first kappa shape index (κ1) is 23.8. The van der Waals surface area contributed by atoms with Crippen LogP contribution in [0.1, 0.15) is 42.3 Å². The highest BCUT2D eigenvalue weighted by molar-refractivity contribution is 6.10. The van der Waals surface area contributed by atoms with Crippen LogP contribution in [-0.2, 0) is 13.0 Å². The molecular weight excluding hydrogens is 416 g/mol. The molecule has 0 unspecified atom stereocenters. The number of hydrogen-bond acceptors (Lipinski definition) is 5. The van der Waals surface area contributed by atoms with Crippen LogP contribution in [0, 0.1) is 0 Å². The minimum absolute atomic E-state index is 0.299. The van der Waals surface area contributed by atoms with Gasteiger partial charge in [0.15, 0.2) is 11.5 Å². The largest absolute Gasteiger partial charge is 0.490 e. The Bertz CT molecular complexity index is 1080. The van der Waals surface area contributed by atoms with Gasteiger partial charge in [-0.1, -0.05) is 19.1 Å². The second-order valence-electron chi connectivity index (χ2n) is 7.18. The van der Waals surface area contributed by atoms with Crippen molar-refractivity contribution < 1.29 is 14.3 Å². The van der Waals surface area contributed by atoms with Crippen LogP contribution in [0.3, 0.4) is 0 Å². The van der Waals surface area contributed by atoms with Crippen molar-refractivity contribution in [1.29, 1.82) is 0 Å². The van der Waals surface area contributed by atoms with Crippen molar-refractivity contribution in [3.63, 3.8) is 0 Å². The molecular formula is C26H30N4O3. The third-order valence-corrected chi connectivity index (χ3v) is 4.80. The first-order chi connectivity index (χ1) is 16.1. The summed E-state index contributed by atoms with van der Waals surface area (Å²) >= 11 is 0. The lowest BCUT2D eigenvalue weighted by Gasteiger charge is -2.15. The molecule has 1 aromatic heterocycles. The van der Waals surface area contributed by atoms with E-state index in [0.717, 1.165) is 17.7 Å². The summed E-state index contributed by atoms with van der Waals surface area (Å²) in [7, 11) is 0. The predicted octanol–water partition coefficient (Wildman–Crippen LogP) is 4.84. The number of guanidine groups is 1. The summed E-state index contributed by atoms with van der Waals surface area (Å²) < 4.78 is 11.3. The van der Waals surface area contributed by atoms with Crippen LogP contribution in [-0.4, -0.2) is 30.1 Å². The maximum atomic E-state index is 13.1. The fourth-order valence-corrected chi connectivity index (χ4v) is 3.15. The Kier molecular flexibility index (Phi) is 8.82. The van der Waals surface area contributed by atoms with E-state index in [1.165, 1.54) is 5.56 Å². The Balaban J connectivity index is 1.83. The fourth-order valence-electron chi connectivity index (χ4n) is 3.15. The van der Waals surface area contributed by atoms with Gasteiger partial charge in [0.05, 0.1) is 19.8 Å². The highest BCUT2D eigenvalue weighted by atomic mass is 16.5. The number of amides is 1. The van der Waals surface area contributed by atoms with E-state index in [0.29, 0.717) is 42.8 Å². The van der Waals surface area contributed by atoms with E-state index in [2.05, 4.69) is 33.6 Å². The Morgan fingerprint density at radius 1 is 0.909 bits per heavy atom. The molecule has 2 N–H and O–H groups in total. The number of aliphatic imine (C=N–C) groups is 1. The molecule has 0 aliphatic rings. The van der Waals surface area contributed by atoms with Gasteiger partial charge in [0.1, 0.15) is 0 Å². The van der Waals surface area contributed by atoms with E-state index < -0.39 is 0 Å². The number of nitrogens with one attached hydrogen (secondary N) is 2. The Hall–Kier alpha value is -3.87. The molecule has 0 aliphatic heterocycles. The molecule has 3 aromatic rings. The molecule has 172 valence electrons. The van der Waals surface area contributed by atoms with Gasteiger partial charge in [-0.05, 0) is 73.9 Å². The first-order valence-corrected chi connectivity index (χ1v) is 11.1. The first-order valence-electron chi connectivity index (χ1n) is 11.1. The number of hydrogen-bond donors (Lipinski definition) is 2. The van der Waals surface area contributed by atoms with Crippen LogP contribution in [0.25, 0.3) is 0 Å². The molecule has 1 amide bonds. The van der Waals surface area contributed by atoms with Gasteiger partial charge >= 0.3 is 0 Å². The lowest BCUT2D eigenvalue weighted by molar-refractivity contribution is 0.0976. The van der Waals surface area contributed by atoms with Crippen molar-refractivity contribution >= 4 is 17.6 Å². The van der Waals surface area contributed by atoms with E-state index in [1.54, 1.807) is 30.6 Å². The number of nitrogens with zero attached hydrogens (tertiary/aromatic N) is 2. The quantitative estimate of drug-likeness (QED) is 0.363. The maximum absolute atomic E-state index is 13.1. The Morgan fingerprint density at radius 3 is 2.39 bits per heavy atom. The molecule has 0 radical (unpaired) electrons. The average Bonchev–Trinajstić information content (AvgIpc) is 2.84. The van der Waals surface area contributed by atoms with Gasteiger partial charge in [0, 0.05) is 23.6 Å². The molecule has 2 aromatic carbocycles. The Morgan fingerprint density at radius 2 is 1.67 bits per heavy atom. The summed E-state index contributed by atoms with van der Waals surface area (Å²) in [6.07, 6.45) is 4.35. The number of aromatic nitrogens is 1. The number of anilines is 1. The van der Waals surface area contributed by atoms with Crippen LogP contribution in [0.2, 0.25) is 0 Å². The molecule has 33 heavy (non-hydrogen) atoms. The van der Waals surface area contributed by atoms with Crippen LogP contribution in [0.5, 0.6) is 11.5 Å². The van der Waals surface area contributed by atoms with Gasteiger partial charge in [0.25, 0.3) is 5.91 Å². The molecule has 7 heteroatoms. The lowest BCUT2D eigenvalue weighted by Crippen LogP contribution is -2.36. The van der Waals surface area contributed by atoms with Gasteiger partial charge in [-0.2, -0.15) is 0 Å². The van der Waals surface area contributed by atoms with Gasteiger partial charge in [0.2, 0.25) is 5.96 Å². The molecule has 0 aliphatic carbocycles. The summed E-state index contributed by atoms with van der Waals surface area (Å²) in [5.41, 5.74) is 3.47. The zero-order valence-electron chi connectivity index (χ0n) is 19.3. The van der Waals surface area contributed by atoms with E-state index >= 15 is 0 Å². The third kappa shape index (κ3) is 7.07. The highest BCUT2D eigenvalue weighted by Gasteiger charge is 2.14. The Labute approximate surface area is 194 Å². The summed E-state index contributed by atoms with van der Waals surface area (Å²) in [5, 5.41) is 6.14. The van der Waals surface area contributed by atoms with Gasteiger partial charge in [-0.25, -0.2) is 4.99 Å². The lowest BCUT2D eigenvalue weighted by atomic mass is 10.1. The number of carbonyl (C=O) groups excluding carboxylic acids is 1. The standard InChI is InChI=1S/C26H30N4O3/c1-4-19-8-7-9-22(16-19)29-26(28-18-20-12-14-27-15-13-20)30-25(31)21-10-11-23(32-5-2)24(17-21)33-6-3/h7-17H,4-6,18H2,1-3H3,(H2,28,29,30,31). The predicted molar refractivity (Wildman–Crippen MR) is 131 cm³/mol. The number of benzene rings is 2. The molecule has 0 atom stereocenters. The molecule has 0 saturated heterocycles. The van der Waals surface area contributed by atoms with Crippen molar-refractivity contribution in [2.24, 2.45) is 4.99 Å². The summed E-state index contributed by atoms with van der Waals surface area (Å²) in [6.45, 7) is 7.27. The van der Waals surface area contributed by atoms with Crippen molar-refractivity contribution in [2.75, 3.05) is 18.5 Å². The van der Waals surface area contributed by atoms with Crippen LogP contribution in [0.15, 0.2) is 72.0 Å². The number of ether oxygens (including phenoxy) is 2. The SMILES string of the molecule is CCOc1ccc(C(=O)NC(=NCc2ccncc2)Nc2cccc(CC)c2)cc1OCC. The minimum atomic E-state index is -0.299. The number of pyridine rings is 1. The van der Waals surface area contributed by atoms with Crippen molar-refractivity contribution in [2.45, 2.75) is 33.7 Å². The number of aryl methyl sites for hydroxylation is 1. The maximum Gasteiger partial charge on any atom is 0.258 e. The van der Waals surface area contributed by atoms with E-state index in [1.807, 2.05) is 44.2 Å². The second kappa shape index (κ2) is 12.2.